The van der Waals surface area contributed by atoms with Crippen molar-refractivity contribution >= 4 is 17.6 Å². The van der Waals surface area contributed by atoms with Crippen LogP contribution in [0, 0.1) is 33.6 Å². The second-order valence-electron chi connectivity index (χ2n) is 7.65. The Kier molecular flexibility index (Phi) is 5.74. The summed E-state index contributed by atoms with van der Waals surface area (Å²) in [7, 11) is 0. The Hall–Kier alpha value is -2.17. The molecule has 1 aromatic heterocycles. The quantitative estimate of drug-likeness (QED) is 0.734. The zero-order valence-electron chi connectivity index (χ0n) is 16.8. The molecule has 1 aliphatic carbocycles. The molecule has 1 aliphatic rings. The average Bonchev–Trinajstić information content (AvgIpc) is 3.38. The Balaban J connectivity index is 1.86. The van der Waals surface area contributed by atoms with Gasteiger partial charge in [0.2, 0.25) is 11.9 Å². The molecule has 5 heteroatoms. The molecule has 0 unspecified atom stereocenters. The van der Waals surface area contributed by atoms with Gasteiger partial charge in [-0.3, -0.25) is 0 Å². The lowest BCUT2D eigenvalue weighted by molar-refractivity contribution is 0.659. The maximum Gasteiger partial charge on any atom is 0.232 e. The lowest BCUT2D eigenvalue weighted by atomic mass is 10.1. The Labute approximate surface area is 157 Å². The van der Waals surface area contributed by atoms with Gasteiger partial charge in [0.25, 0.3) is 0 Å². The van der Waals surface area contributed by atoms with Gasteiger partial charge in [0.1, 0.15) is 5.82 Å². The molecule has 1 heterocycles. The molecule has 0 bridgehead atoms. The number of aromatic nitrogens is 3. The van der Waals surface area contributed by atoms with E-state index < -0.39 is 0 Å². The first-order valence-corrected chi connectivity index (χ1v) is 9.78. The Morgan fingerprint density at radius 1 is 1.04 bits per heavy atom. The van der Waals surface area contributed by atoms with Gasteiger partial charge in [-0.2, -0.15) is 15.0 Å². The fourth-order valence-corrected chi connectivity index (χ4v) is 3.39. The van der Waals surface area contributed by atoms with E-state index >= 15 is 0 Å². The van der Waals surface area contributed by atoms with E-state index in [4.69, 9.17) is 4.98 Å². The van der Waals surface area contributed by atoms with Crippen molar-refractivity contribution in [3.8, 4) is 0 Å². The molecular weight excluding hydrogens is 322 g/mol. The summed E-state index contributed by atoms with van der Waals surface area (Å²) >= 11 is 0. The summed E-state index contributed by atoms with van der Waals surface area (Å²) in [6, 6.07) is 4.37. The van der Waals surface area contributed by atoms with Gasteiger partial charge in [0.05, 0.1) is 0 Å². The van der Waals surface area contributed by atoms with Gasteiger partial charge in [-0.15, -0.1) is 0 Å². The van der Waals surface area contributed by atoms with Crippen LogP contribution in [0.1, 0.15) is 55.1 Å². The summed E-state index contributed by atoms with van der Waals surface area (Å²) in [6.45, 7) is 12.6. The van der Waals surface area contributed by atoms with E-state index in [9.17, 15) is 0 Å². The predicted octanol–water partition coefficient (Wildman–Crippen LogP) is 4.87. The smallest absolute Gasteiger partial charge is 0.232 e. The number of rotatable bonds is 8. The number of nitrogens with zero attached hydrogens (tertiary/aromatic N) is 4. The molecule has 0 aliphatic heterocycles. The SMILES string of the molecule is CCCCN(CC1CC1)c1nc(C)nc(Nc2c(C)cc(C)cc2C)n1. The van der Waals surface area contributed by atoms with Gasteiger partial charge in [-0.05, 0) is 64.0 Å². The number of nitrogens with one attached hydrogen (secondary N) is 1. The summed E-state index contributed by atoms with van der Waals surface area (Å²) in [6.07, 6.45) is 5.01. The van der Waals surface area contributed by atoms with Crippen LogP contribution in [0.25, 0.3) is 0 Å². The molecule has 26 heavy (non-hydrogen) atoms. The van der Waals surface area contributed by atoms with Gasteiger partial charge in [-0.25, -0.2) is 0 Å². The van der Waals surface area contributed by atoms with Crippen molar-refractivity contribution in [2.45, 2.75) is 60.3 Å². The summed E-state index contributed by atoms with van der Waals surface area (Å²) in [5, 5.41) is 3.44. The molecule has 3 rings (SSSR count). The van der Waals surface area contributed by atoms with Gasteiger partial charge in [0.15, 0.2) is 0 Å². The largest absolute Gasteiger partial charge is 0.340 e. The number of benzene rings is 1. The second kappa shape index (κ2) is 8.02. The van der Waals surface area contributed by atoms with E-state index in [2.05, 4.69) is 60.0 Å². The number of unbranched alkanes of at least 4 members (excludes halogenated alkanes) is 1. The zero-order valence-corrected chi connectivity index (χ0v) is 16.8. The van der Waals surface area contributed by atoms with Crippen molar-refractivity contribution in [1.29, 1.82) is 0 Å². The van der Waals surface area contributed by atoms with Crippen LogP contribution >= 0.6 is 0 Å². The Bertz CT molecular complexity index is 744. The molecular formula is C21H31N5. The maximum absolute atomic E-state index is 4.76. The summed E-state index contributed by atoms with van der Waals surface area (Å²) in [4.78, 5) is 16.3. The molecule has 1 fully saturated rings. The van der Waals surface area contributed by atoms with Crippen LogP contribution in [0.3, 0.4) is 0 Å². The molecule has 0 spiro atoms. The molecule has 0 radical (unpaired) electrons. The van der Waals surface area contributed by atoms with E-state index in [1.165, 1.54) is 36.0 Å². The van der Waals surface area contributed by atoms with Gasteiger partial charge >= 0.3 is 0 Å². The third-order valence-electron chi connectivity index (χ3n) is 4.89. The van der Waals surface area contributed by atoms with Crippen molar-refractivity contribution < 1.29 is 0 Å². The minimum atomic E-state index is 0.639. The van der Waals surface area contributed by atoms with Crippen LogP contribution in [0.2, 0.25) is 0 Å². The van der Waals surface area contributed by atoms with Crippen molar-refractivity contribution in [3.63, 3.8) is 0 Å². The van der Waals surface area contributed by atoms with Crippen molar-refractivity contribution in [2.75, 3.05) is 23.3 Å². The average molecular weight is 354 g/mol. The number of aryl methyl sites for hydroxylation is 4. The first-order valence-electron chi connectivity index (χ1n) is 9.78. The van der Waals surface area contributed by atoms with Gasteiger partial charge in [-0.1, -0.05) is 31.0 Å². The van der Waals surface area contributed by atoms with E-state index in [0.29, 0.717) is 5.95 Å². The van der Waals surface area contributed by atoms with Crippen molar-refractivity contribution in [3.05, 3.63) is 34.6 Å². The molecule has 140 valence electrons. The predicted molar refractivity (Wildman–Crippen MR) is 108 cm³/mol. The molecule has 2 aromatic rings. The number of hydrogen-bond acceptors (Lipinski definition) is 5. The van der Waals surface area contributed by atoms with Crippen LogP contribution in [-0.2, 0) is 0 Å². The van der Waals surface area contributed by atoms with Crippen LogP contribution in [0.4, 0.5) is 17.6 Å². The Morgan fingerprint density at radius 3 is 2.35 bits per heavy atom. The fourth-order valence-electron chi connectivity index (χ4n) is 3.39. The summed E-state index contributed by atoms with van der Waals surface area (Å²) in [5.74, 6) is 3.02. The highest BCUT2D eigenvalue weighted by atomic mass is 15.3. The number of hydrogen-bond donors (Lipinski definition) is 1. The lowest BCUT2D eigenvalue weighted by Crippen LogP contribution is -2.29. The Morgan fingerprint density at radius 2 is 1.73 bits per heavy atom. The minimum Gasteiger partial charge on any atom is -0.340 e. The first kappa shape index (κ1) is 18.6. The monoisotopic (exact) mass is 353 g/mol. The summed E-state index contributed by atoms with van der Waals surface area (Å²) < 4.78 is 0. The molecule has 1 aromatic carbocycles. The van der Waals surface area contributed by atoms with Crippen LogP contribution in [-0.4, -0.2) is 28.0 Å². The highest BCUT2D eigenvalue weighted by molar-refractivity contribution is 5.64. The van der Waals surface area contributed by atoms with Crippen LogP contribution < -0.4 is 10.2 Å². The molecule has 0 saturated heterocycles. The highest BCUT2D eigenvalue weighted by Crippen LogP contribution is 2.31. The van der Waals surface area contributed by atoms with Gasteiger partial charge < -0.3 is 10.2 Å². The van der Waals surface area contributed by atoms with E-state index in [-0.39, 0.29) is 0 Å². The topological polar surface area (TPSA) is 53.9 Å². The van der Waals surface area contributed by atoms with Crippen molar-refractivity contribution in [1.82, 2.24) is 15.0 Å². The van der Waals surface area contributed by atoms with Crippen LogP contribution in [0.5, 0.6) is 0 Å². The highest BCUT2D eigenvalue weighted by Gasteiger charge is 2.25. The maximum atomic E-state index is 4.76. The summed E-state index contributed by atoms with van der Waals surface area (Å²) in [5.41, 5.74) is 4.79. The van der Waals surface area contributed by atoms with Gasteiger partial charge in [0, 0.05) is 18.8 Å². The second-order valence-corrected chi connectivity index (χ2v) is 7.65. The third-order valence-corrected chi connectivity index (χ3v) is 4.89. The molecule has 5 nitrogen and oxygen atoms in total. The first-order chi connectivity index (χ1) is 12.5. The normalized spacial score (nSPS) is 13.7. The van der Waals surface area contributed by atoms with Crippen molar-refractivity contribution in [2.24, 2.45) is 5.92 Å². The lowest BCUT2D eigenvalue weighted by Gasteiger charge is -2.23. The minimum absolute atomic E-state index is 0.639. The standard InChI is InChI=1S/C21H31N5/c1-6-7-10-26(13-18-8-9-18)21-23-17(5)22-20(25-21)24-19-15(3)11-14(2)12-16(19)4/h11-12,18H,6-10,13H2,1-5H3,(H,22,23,24,25). The third kappa shape index (κ3) is 4.71. The molecule has 1 N–H and O–H groups in total. The number of anilines is 3. The molecule has 0 atom stereocenters. The van der Waals surface area contributed by atoms with E-state index in [1.54, 1.807) is 0 Å². The van der Waals surface area contributed by atoms with E-state index in [0.717, 1.165) is 42.9 Å². The van der Waals surface area contributed by atoms with Crippen LogP contribution in [0.15, 0.2) is 12.1 Å². The molecule has 1 saturated carbocycles. The van der Waals surface area contributed by atoms with E-state index in [1.807, 2.05) is 6.92 Å². The fraction of sp³-hybridized carbons (Fsp3) is 0.571. The zero-order chi connectivity index (χ0) is 18.7. The molecule has 0 amide bonds.